The number of rotatable bonds is 5. The number of carbonyl (C=O) groups is 3. The first kappa shape index (κ1) is 11.4. The van der Waals surface area contributed by atoms with E-state index in [1.165, 1.54) is 6.21 Å². The van der Waals surface area contributed by atoms with Crippen molar-refractivity contribution in [2.45, 2.75) is 12.8 Å². The summed E-state index contributed by atoms with van der Waals surface area (Å²) in [5, 5.41) is 12.4. The van der Waals surface area contributed by atoms with Gasteiger partial charge in [-0.3, -0.25) is 14.6 Å². The van der Waals surface area contributed by atoms with Crippen molar-refractivity contribution in [3.05, 3.63) is 0 Å². The van der Waals surface area contributed by atoms with Crippen LogP contribution in [-0.4, -0.2) is 37.0 Å². The van der Waals surface area contributed by atoms with Gasteiger partial charge in [0, 0.05) is 18.7 Å². The third-order valence-corrected chi connectivity index (χ3v) is 1.99. The van der Waals surface area contributed by atoms with Crippen LogP contribution in [0.15, 0.2) is 4.99 Å². The fraction of sp³-hybridized carbons (Fsp3) is 0.556. The summed E-state index contributed by atoms with van der Waals surface area (Å²) in [5.74, 6) is -2.47. The van der Waals surface area contributed by atoms with Gasteiger partial charge in [0.25, 0.3) is 0 Å². The van der Waals surface area contributed by atoms with Crippen LogP contribution in [0.3, 0.4) is 0 Å². The molecule has 1 unspecified atom stereocenters. The molecule has 1 N–H and O–H groups in total. The van der Waals surface area contributed by atoms with Gasteiger partial charge in [0.15, 0.2) is 5.78 Å². The van der Waals surface area contributed by atoms with Gasteiger partial charge in [0.2, 0.25) is 5.91 Å². The average molecular weight is 211 g/mol. The lowest BCUT2D eigenvalue weighted by atomic mass is 10.1. The molecule has 0 saturated carbocycles. The highest BCUT2D eigenvalue weighted by molar-refractivity contribution is 6.18. The Bertz CT molecular complexity index is 295. The van der Waals surface area contributed by atoms with E-state index >= 15 is 0 Å². The van der Waals surface area contributed by atoms with Gasteiger partial charge in [-0.05, 0) is 12.8 Å². The zero-order valence-electron chi connectivity index (χ0n) is 8.06. The molecule has 6 heteroatoms. The van der Waals surface area contributed by atoms with Gasteiger partial charge < -0.3 is 15.2 Å². The van der Waals surface area contributed by atoms with E-state index in [1.54, 1.807) is 0 Å². The van der Waals surface area contributed by atoms with E-state index in [0.29, 0.717) is 6.42 Å². The first-order chi connectivity index (χ1) is 7.11. The van der Waals surface area contributed by atoms with Crippen LogP contribution in [-0.2, 0) is 14.4 Å². The lowest BCUT2D eigenvalue weighted by Gasteiger charge is -1.99. The molecule has 82 valence electrons. The second-order valence-electron chi connectivity index (χ2n) is 3.19. The topological polar surface area (TPSA) is 98.7 Å². The van der Waals surface area contributed by atoms with E-state index in [2.05, 4.69) is 10.3 Å². The third kappa shape index (κ3) is 3.49. The van der Waals surface area contributed by atoms with Crippen LogP contribution < -0.4 is 10.4 Å². The van der Waals surface area contributed by atoms with E-state index in [-0.39, 0.29) is 31.2 Å². The van der Waals surface area contributed by atoms with E-state index in [0.717, 1.165) is 0 Å². The lowest BCUT2D eigenvalue weighted by molar-refractivity contribution is -0.305. The molecule has 1 fully saturated rings. The van der Waals surface area contributed by atoms with Gasteiger partial charge in [0.1, 0.15) is 5.92 Å². The number of aliphatic imine (C=N–C) groups is 1. The molecule has 0 aromatic heterocycles. The van der Waals surface area contributed by atoms with Crippen LogP contribution in [0.25, 0.3) is 0 Å². The molecule has 0 spiro atoms. The van der Waals surface area contributed by atoms with Crippen LogP contribution >= 0.6 is 0 Å². The zero-order valence-corrected chi connectivity index (χ0v) is 8.06. The number of nitrogens with one attached hydrogen (secondary N) is 1. The summed E-state index contributed by atoms with van der Waals surface area (Å²) in [6.07, 6.45) is 1.56. The largest absolute Gasteiger partial charge is 0.550 e. The number of amides is 1. The van der Waals surface area contributed by atoms with E-state index in [9.17, 15) is 19.5 Å². The van der Waals surface area contributed by atoms with Crippen molar-refractivity contribution in [3.8, 4) is 0 Å². The minimum Gasteiger partial charge on any atom is -0.550 e. The van der Waals surface area contributed by atoms with E-state index < -0.39 is 11.9 Å². The summed E-state index contributed by atoms with van der Waals surface area (Å²) >= 11 is 0. The maximum Gasteiger partial charge on any atom is 0.236 e. The molecule has 1 saturated heterocycles. The molecule has 0 radical (unpaired) electrons. The maximum atomic E-state index is 11.1. The highest BCUT2D eigenvalue weighted by Gasteiger charge is 2.30. The molecule has 1 aliphatic rings. The summed E-state index contributed by atoms with van der Waals surface area (Å²) < 4.78 is 0. The first-order valence-electron chi connectivity index (χ1n) is 4.61. The summed E-state index contributed by atoms with van der Waals surface area (Å²) in [6, 6.07) is 0. The number of carbonyl (C=O) groups excluding carboxylic acids is 3. The van der Waals surface area contributed by atoms with Crippen molar-refractivity contribution >= 4 is 23.9 Å². The number of nitrogens with zero attached hydrogens (tertiary/aromatic N) is 1. The molecular formula is C9H11N2O4-. The molecule has 6 nitrogen and oxygen atoms in total. The number of ketones is 1. The van der Waals surface area contributed by atoms with Gasteiger partial charge in [-0.1, -0.05) is 0 Å². The summed E-state index contributed by atoms with van der Waals surface area (Å²) in [4.78, 5) is 36.0. The predicted molar refractivity (Wildman–Crippen MR) is 49.1 cm³/mol. The molecule has 1 rings (SSSR count). The van der Waals surface area contributed by atoms with Crippen molar-refractivity contribution in [2.75, 3.05) is 13.1 Å². The number of carboxylic acid groups (broad SMARTS) is 1. The van der Waals surface area contributed by atoms with Crippen LogP contribution in [0.5, 0.6) is 0 Å². The van der Waals surface area contributed by atoms with Crippen LogP contribution in [0.4, 0.5) is 0 Å². The van der Waals surface area contributed by atoms with Crippen LogP contribution in [0.2, 0.25) is 0 Å². The molecular weight excluding hydrogens is 200 g/mol. The lowest BCUT2D eigenvalue weighted by Crippen LogP contribution is -2.22. The first-order valence-corrected chi connectivity index (χ1v) is 4.61. The summed E-state index contributed by atoms with van der Waals surface area (Å²) in [5.41, 5.74) is 0. The quantitative estimate of drug-likeness (QED) is 0.320. The van der Waals surface area contributed by atoms with Crippen LogP contribution in [0, 0.1) is 5.92 Å². The second-order valence-corrected chi connectivity index (χ2v) is 3.19. The Balaban J connectivity index is 2.28. The molecule has 1 aliphatic heterocycles. The zero-order chi connectivity index (χ0) is 11.3. The molecule has 1 heterocycles. The van der Waals surface area contributed by atoms with Crippen molar-refractivity contribution < 1.29 is 19.5 Å². The standard InChI is InChI=1S/C9H12N2O4/c12-7-5-11-9(15)6(7)4-10-3-1-2-8(13)14/h4,6H,1-3,5H2,(H,11,15)(H,13,14)/p-1. The SMILES string of the molecule is O=C([O-])CCCN=CC1C(=O)CNC1=O. The number of Topliss-reactive ketones (excluding diaryl/α,β-unsaturated/α-hetero) is 1. The minimum atomic E-state index is -1.13. The van der Waals surface area contributed by atoms with Crippen LogP contribution in [0.1, 0.15) is 12.8 Å². The number of hydrogen-bond acceptors (Lipinski definition) is 5. The molecule has 1 amide bonds. The Kier molecular flexibility index (Phi) is 3.96. The highest BCUT2D eigenvalue weighted by atomic mass is 16.4. The summed E-state index contributed by atoms with van der Waals surface area (Å²) in [6.45, 7) is 0.333. The fourth-order valence-electron chi connectivity index (χ4n) is 1.19. The smallest absolute Gasteiger partial charge is 0.236 e. The predicted octanol–water partition coefficient (Wildman–Crippen LogP) is -2.10. The van der Waals surface area contributed by atoms with Gasteiger partial charge in [-0.2, -0.15) is 0 Å². The molecule has 0 bridgehead atoms. The number of carboxylic acids is 1. The minimum absolute atomic E-state index is 0.0502. The Morgan fingerprint density at radius 3 is 2.87 bits per heavy atom. The van der Waals surface area contributed by atoms with Crippen molar-refractivity contribution in [1.82, 2.24) is 5.32 Å². The van der Waals surface area contributed by atoms with Crippen molar-refractivity contribution in [3.63, 3.8) is 0 Å². The Hall–Kier alpha value is -1.72. The fourth-order valence-corrected chi connectivity index (χ4v) is 1.19. The average Bonchev–Trinajstić information content (AvgIpc) is 2.47. The summed E-state index contributed by atoms with van der Waals surface area (Å²) in [7, 11) is 0. The van der Waals surface area contributed by atoms with Gasteiger partial charge >= 0.3 is 0 Å². The maximum absolute atomic E-state index is 11.1. The molecule has 0 aliphatic carbocycles. The van der Waals surface area contributed by atoms with E-state index in [1.807, 2.05) is 0 Å². The monoisotopic (exact) mass is 211 g/mol. The van der Waals surface area contributed by atoms with Gasteiger partial charge in [-0.25, -0.2) is 0 Å². The molecule has 0 aromatic rings. The molecule has 1 atom stereocenters. The van der Waals surface area contributed by atoms with E-state index in [4.69, 9.17) is 0 Å². The van der Waals surface area contributed by atoms with Crippen molar-refractivity contribution in [1.29, 1.82) is 0 Å². The second kappa shape index (κ2) is 5.23. The molecule has 0 aromatic carbocycles. The highest BCUT2D eigenvalue weighted by Crippen LogP contribution is 2.02. The number of aliphatic carboxylic acids is 1. The Morgan fingerprint density at radius 2 is 2.33 bits per heavy atom. The third-order valence-electron chi connectivity index (χ3n) is 1.99. The molecule has 15 heavy (non-hydrogen) atoms. The van der Waals surface area contributed by atoms with Crippen molar-refractivity contribution in [2.24, 2.45) is 10.9 Å². The normalized spacial score (nSPS) is 20.9. The Morgan fingerprint density at radius 1 is 1.60 bits per heavy atom. The number of hydrogen-bond donors (Lipinski definition) is 1. The Labute approximate surface area is 86.4 Å². The van der Waals surface area contributed by atoms with Gasteiger partial charge in [-0.15, -0.1) is 0 Å². The van der Waals surface area contributed by atoms with Gasteiger partial charge in [0.05, 0.1) is 6.54 Å².